The molecule has 0 aliphatic heterocycles. The summed E-state index contributed by atoms with van der Waals surface area (Å²) in [7, 11) is 0. The van der Waals surface area contributed by atoms with E-state index in [0.717, 1.165) is 62.3 Å². The molecule has 0 spiro atoms. The highest BCUT2D eigenvalue weighted by Crippen LogP contribution is 2.43. The van der Waals surface area contributed by atoms with Gasteiger partial charge >= 0.3 is 0 Å². The number of rotatable bonds is 13. The van der Waals surface area contributed by atoms with Gasteiger partial charge in [-0.05, 0) is 164 Å². The molecule has 3 heteroatoms. The van der Waals surface area contributed by atoms with Gasteiger partial charge in [-0.3, -0.25) is 0 Å². The molecule has 0 saturated carbocycles. The largest absolute Gasteiger partial charge is 0.311 e. The zero-order valence-corrected chi connectivity index (χ0v) is 42.4. The second-order valence-electron chi connectivity index (χ2n) is 19.4. The van der Waals surface area contributed by atoms with E-state index < -0.39 is 0 Å². The Balaban J connectivity index is 0.749. The van der Waals surface area contributed by atoms with Crippen LogP contribution in [0.15, 0.2) is 322 Å². The Kier molecular flexibility index (Phi) is 12.7. The number of benzene rings is 13. The first-order valence-corrected chi connectivity index (χ1v) is 26.3. The van der Waals surface area contributed by atoms with Gasteiger partial charge in [-0.15, -0.1) is 0 Å². The van der Waals surface area contributed by atoms with Crippen molar-refractivity contribution in [2.24, 2.45) is 0 Å². The number of hydrogen-bond donors (Lipinski definition) is 0. The molecule has 0 N–H and O–H groups in total. The zero-order valence-electron chi connectivity index (χ0n) is 42.4. The van der Waals surface area contributed by atoms with Gasteiger partial charge in [0.1, 0.15) is 0 Å². The molecular weight excluding hydrogens is 931 g/mol. The highest BCUT2D eigenvalue weighted by atomic mass is 15.2. The fraction of sp³-hybridized carbons (Fsp3) is 0. The Morgan fingerprint density at radius 1 is 0.156 bits per heavy atom. The average Bonchev–Trinajstić information content (AvgIpc) is 3.51. The molecule has 13 rings (SSSR count). The number of fused-ring (bicyclic) bond motifs is 2. The molecule has 0 fully saturated rings. The van der Waals surface area contributed by atoms with E-state index in [0.29, 0.717) is 0 Å². The molecule has 364 valence electrons. The van der Waals surface area contributed by atoms with E-state index in [1.54, 1.807) is 0 Å². The molecule has 0 aliphatic rings. The number of para-hydroxylation sites is 3. The van der Waals surface area contributed by atoms with Crippen molar-refractivity contribution < 1.29 is 0 Å². The van der Waals surface area contributed by atoms with Gasteiger partial charge in [-0.25, -0.2) is 0 Å². The monoisotopic (exact) mass is 983 g/mol. The van der Waals surface area contributed by atoms with Crippen LogP contribution in [0.3, 0.4) is 0 Å². The van der Waals surface area contributed by atoms with Crippen LogP contribution in [0.5, 0.6) is 0 Å². The Morgan fingerprint density at radius 3 is 0.740 bits per heavy atom. The van der Waals surface area contributed by atoms with E-state index in [-0.39, 0.29) is 0 Å². The highest BCUT2D eigenvalue weighted by molar-refractivity contribution is 6.00. The minimum absolute atomic E-state index is 1.09. The third-order valence-electron chi connectivity index (χ3n) is 14.6. The summed E-state index contributed by atoms with van der Waals surface area (Å²) in [5.74, 6) is 0. The van der Waals surface area contributed by atoms with Crippen molar-refractivity contribution in [2.75, 3.05) is 14.7 Å². The quantitative estimate of drug-likeness (QED) is 0.114. The molecule has 0 heterocycles. The van der Waals surface area contributed by atoms with Crippen LogP contribution in [0.4, 0.5) is 51.2 Å². The third-order valence-corrected chi connectivity index (χ3v) is 14.6. The van der Waals surface area contributed by atoms with E-state index in [2.05, 4.69) is 336 Å². The van der Waals surface area contributed by atoms with Crippen molar-refractivity contribution in [3.63, 3.8) is 0 Å². The molecule has 13 aromatic carbocycles. The molecule has 0 saturated heterocycles. The van der Waals surface area contributed by atoms with Gasteiger partial charge in [0.25, 0.3) is 0 Å². The van der Waals surface area contributed by atoms with E-state index >= 15 is 0 Å². The summed E-state index contributed by atoms with van der Waals surface area (Å²) in [4.78, 5) is 7.03. The molecule has 0 unspecified atom stereocenters. The van der Waals surface area contributed by atoms with Crippen LogP contribution in [0.2, 0.25) is 0 Å². The lowest BCUT2D eigenvalue weighted by Gasteiger charge is -2.27. The third kappa shape index (κ3) is 9.51. The lowest BCUT2D eigenvalue weighted by molar-refractivity contribution is 1.28. The van der Waals surface area contributed by atoms with Crippen LogP contribution >= 0.6 is 0 Å². The lowest BCUT2D eigenvalue weighted by atomic mass is 9.98. The summed E-state index contributed by atoms with van der Waals surface area (Å²) in [6.45, 7) is 0. The van der Waals surface area contributed by atoms with Crippen molar-refractivity contribution in [2.45, 2.75) is 0 Å². The van der Waals surface area contributed by atoms with Crippen LogP contribution in [-0.4, -0.2) is 0 Å². The van der Waals surface area contributed by atoms with Crippen molar-refractivity contribution in [3.05, 3.63) is 322 Å². The minimum atomic E-state index is 1.09. The maximum atomic E-state index is 2.35. The number of hydrogen-bond acceptors (Lipinski definition) is 3. The molecule has 0 aromatic heterocycles. The van der Waals surface area contributed by atoms with Crippen LogP contribution in [0.1, 0.15) is 0 Å². The zero-order chi connectivity index (χ0) is 51.3. The van der Waals surface area contributed by atoms with Crippen LogP contribution < -0.4 is 14.7 Å². The second kappa shape index (κ2) is 21.0. The van der Waals surface area contributed by atoms with Crippen molar-refractivity contribution in [1.29, 1.82) is 0 Å². The lowest BCUT2D eigenvalue weighted by Crippen LogP contribution is -2.10. The summed E-state index contributed by atoms with van der Waals surface area (Å²) in [5.41, 5.74) is 19.4. The van der Waals surface area contributed by atoms with Gasteiger partial charge < -0.3 is 14.7 Å². The Morgan fingerprint density at radius 2 is 0.403 bits per heavy atom. The van der Waals surface area contributed by atoms with E-state index in [9.17, 15) is 0 Å². The maximum Gasteiger partial charge on any atom is 0.0540 e. The molecule has 0 radical (unpaired) electrons. The fourth-order valence-corrected chi connectivity index (χ4v) is 10.8. The van der Waals surface area contributed by atoms with Gasteiger partial charge in [0.05, 0.1) is 11.4 Å². The molecule has 0 bridgehead atoms. The molecule has 3 nitrogen and oxygen atoms in total. The highest BCUT2D eigenvalue weighted by Gasteiger charge is 2.18. The van der Waals surface area contributed by atoms with Crippen molar-refractivity contribution >= 4 is 72.7 Å². The van der Waals surface area contributed by atoms with Gasteiger partial charge in [0, 0.05) is 50.6 Å². The summed E-state index contributed by atoms with van der Waals surface area (Å²) in [5, 5.41) is 4.87. The van der Waals surface area contributed by atoms with Crippen LogP contribution in [0.25, 0.3) is 66.1 Å². The molecule has 0 atom stereocenters. The smallest absolute Gasteiger partial charge is 0.0540 e. The summed E-state index contributed by atoms with van der Waals surface area (Å²) >= 11 is 0. The van der Waals surface area contributed by atoms with E-state index in [1.165, 1.54) is 54.9 Å². The number of anilines is 9. The minimum Gasteiger partial charge on any atom is -0.311 e. The number of nitrogens with zero attached hydrogens (tertiary/aromatic N) is 3. The summed E-state index contributed by atoms with van der Waals surface area (Å²) in [6, 6.07) is 116. The fourth-order valence-electron chi connectivity index (χ4n) is 10.8. The Hall–Kier alpha value is -10.2. The van der Waals surface area contributed by atoms with Gasteiger partial charge in [-0.2, -0.15) is 0 Å². The molecule has 13 aromatic rings. The molecule has 77 heavy (non-hydrogen) atoms. The predicted molar refractivity (Wildman–Crippen MR) is 327 cm³/mol. The van der Waals surface area contributed by atoms with Gasteiger partial charge in [-0.1, -0.05) is 212 Å². The molecule has 0 amide bonds. The Labute approximate surface area is 451 Å². The van der Waals surface area contributed by atoms with E-state index in [4.69, 9.17) is 0 Å². The first-order valence-electron chi connectivity index (χ1n) is 26.3. The summed E-state index contributed by atoms with van der Waals surface area (Å²) < 4.78 is 0. The Bertz CT molecular complexity index is 3860. The maximum absolute atomic E-state index is 2.35. The predicted octanol–water partition coefficient (Wildman–Crippen LogP) is 21.1. The van der Waals surface area contributed by atoms with Gasteiger partial charge in [0.15, 0.2) is 0 Å². The van der Waals surface area contributed by atoms with Crippen LogP contribution in [-0.2, 0) is 0 Å². The SMILES string of the molecule is c1ccc(N(c2ccc(-c3cccc(-c4ccc(N(c5ccccc5)c5cccc6ccccc56)cc4)c3)cc2)c2ccc(-c3cccc(-c4ccc(N(c5ccccc5)c5cccc6ccccc56)cc4)c3)cc2)cc1. The van der Waals surface area contributed by atoms with Crippen LogP contribution in [0, 0.1) is 0 Å². The van der Waals surface area contributed by atoms with Crippen molar-refractivity contribution in [3.8, 4) is 44.5 Å². The summed E-state index contributed by atoms with van der Waals surface area (Å²) in [6.07, 6.45) is 0. The first-order chi connectivity index (χ1) is 38.2. The molecule has 0 aliphatic carbocycles. The average molecular weight is 984 g/mol. The normalized spacial score (nSPS) is 11.1. The van der Waals surface area contributed by atoms with E-state index in [1.807, 2.05) is 0 Å². The van der Waals surface area contributed by atoms with Gasteiger partial charge in [0.2, 0.25) is 0 Å². The second-order valence-corrected chi connectivity index (χ2v) is 19.4. The topological polar surface area (TPSA) is 9.72 Å². The molecular formula is C74H53N3. The standard InChI is InChI=1S/C74H53N3/c1-4-26-64(27-5-1)75(67-44-36-54(37-45-67)60-22-14-24-62(52-60)56-40-48-69(49-41-56)76(65-28-6-2-7-29-65)73-34-16-20-58-18-10-12-32-71(58)73)68-46-38-55(39-47-68)61-23-15-25-63(53-61)57-42-50-70(51-43-57)77(66-30-8-3-9-31-66)74-35-17-21-59-19-11-13-33-72(59)74/h1-53H. The van der Waals surface area contributed by atoms with Crippen molar-refractivity contribution in [1.82, 2.24) is 0 Å². The first kappa shape index (κ1) is 46.6.